The van der Waals surface area contributed by atoms with E-state index in [4.69, 9.17) is 23.8 Å². The number of unbranched alkanes of at least 4 members (excludes halogenated alkanes) is 6. The molecule has 5 nitrogen and oxygen atoms in total. The third-order valence-corrected chi connectivity index (χ3v) is 5.06. The Balaban J connectivity index is 3.39. The monoisotopic (exact) mass is 448 g/mol. The molecule has 1 unspecified atom stereocenters. The van der Waals surface area contributed by atoms with E-state index in [1.807, 2.05) is 0 Å². The Bertz CT molecular complexity index is 488. The molecule has 0 aliphatic heterocycles. The molecule has 0 amide bonds. The van der Waals surface area contributed by atoms with Crippen LogP contribution in [0, 0.1) is 0 Å². The predicted molar refractivity (Wildman–Crippen MR) is 126 cm³/mol. The van der Waals surface area contributed by atoms with Crippen LogP contribution in [0.4, 0.5) is 0 Å². The molecule has 29 heavy (non-hydrogen) atoms. The van der Waals surface area contributed by atoms with Crippen molar-refractivity contribution >= 4 is 18.5 Å². The van der Waals surface area contributed by atoms with Crippen molar-refractivity contribution in [1.29, 1.82) is 0 Å². The van der Waals surface area contributed by atoms with E-state index in [0.717, 1.165) is 32.1 Å². The lowest BCUT2D eigenvalue weighted by atomic mass is 10.1. The Morgan fingerprint density at radius 1 is 0.828 bits per heavy atom. The molecule has 0 saturated carbocycles. The zero-order valence-electron chi connectivity index (χ0n) is 18.2. The third-order valence-electron chi connectivity index (χ3n) is 4.26. The molecule has 0 spiro atoms. The first kappa shape index (κ1) is 28.7. The van der Waals surface area contributed by atoms with E-state index in [0.29, 0.717) is 13.2 Å². The number of rotatable bonds is 20. The zero-order chi connectivity index (χ0) is 21.6. The van der Waals surface area contributed by atoms with Gasteiger partial charge in [0, 0.05) is 13.7 Å². The molecule has 0 radical (unpaired) electrons. The first-order valence-corrected chi connectivity index (χ1v) is 13.4. The van der Waals surface area contributed by atoms with Crippen molar-refractivity contribution in [3.63, 3.8) is 0 Å². The van der Waals surface area contributed by atoms with E-state index in [-0.39, 0.29) is 12.7 Å². The van der Waals surface area contributed by atoms with Gasteiger partial charge in [0.15, 0.2) is 0 Å². The molecule has 0 rings (SSSR count). The molecule has 7 heteroatoms. The standard InChI is InChI=1S/C22H41O5PS/c1-3-4-5-6-7-8-9-10-11-12-13-14-15-16-17-18-19-26-20-22(25-2)21-27-28(23,24)29/h4-5,7-8,10-11,22H,3,6,9,12-21H2,1-2H3,(H2,23,24,29)/b5-4-,8-7-,11-10-. The summed E-state index contributed by atoms with van der Waals surface area (Å²) in [5.41, 5.74) is 0. The minimum atomic E-state index is -3.62. The maximum atomic E-state index is 9.04. The van der Waals surface area contributed by atoms with Crippen molar-refractivity contribution in [2.24, 2.45) is 0 Å². The lowest BCUT2D eigenvalue weighted by Gasteiger charge is -2.17. The van der Waals surface area contributed by atoms with Gasteiger partial charge in [-0.25, -0.2) is 0 Å². The largest absolute Gasteiger partial charge is 0.379 e. The summed E-state index contributed by atoms with van der Waals surface area (Å²) in [5, 5.41) is 0. The van der Waals surface area contributed by atoms with Crippen LogP contribution in [0.2, 0.25) is 0 Å². The molecule has 0 aliphatic rings. The highest BCUT2D eigenvalue weighted by Crippen LogP contribution is 2.36. The van der Waals surface area contributed by atoms with Gasteiger partial charge in [-0.3, -0.25) is 0 Å². The molecule has 2 N–H and O–H groups in total. The van der Waals surface area contributed by atoms with E-state index in [1.165, 1.54) is 39.2 Å². The molecule has 0 aromatic heterocycles. The zero-order valence-corrected chi connectivity index (χ0v) is 19.9. The molecule has 0 bridgehead atoms. The van der Waals surface area contributed by atoms with Gasteiger partial charge in [0.25, 0.3) is 0 Å². The van der Waals surface area contributed by atoms with Gasteiger partial charge in [0.1, 0.15) is 6.10 Å². The summed E-state index contributed by atoms with van der Waals surface area (Å²) >= 11 is 4.41. The topological polar surface area (TPSA) is 68.2 Å². The van der Waals surface area contributed by atoms with Crippen LogP contribution < -0.4 is 0 Å². The van der Waals surface area contributed by atoms with Crippen LogP contribution in [-0.4, -0.2) is 42.8 Å². The van der Waals surface area contributed by atoms with Crippen molar-refractivity contribution in [3.8, 4) is 0 Å². The summed E-state index contributed by atoms with van der Waals surface area (Å²) in [6, 6.07) is 0. The van der Waals surface area contributed by atoms with Gasteiger partial charge in [0.2, 0.25) is 0 Å². The second-order valence-electron chi connectivity index (χ2n) is 6.92. The fourth-order valence-electron chi connectivity index (χ4n) is 2.58. The summed E-state index contributed by atoms with van der Waals surface area (Å²) in [7, 11) is 1.54. The molecule has 0 aliphatic carbocycles. The third kappa shape index (κ3) is 23.8. The highest BCUT2D eigenvalue weighted by molar-refractivity contribution is 8.06. The highest BCUT2D eigenvalue weighted by Gasteiger charge is 2.14. The summed E-state index contributed by atoms with van der Waals surface area (Å²) in [6.45, 7) is -0.398. The summed E-state index contributed by atoms with van der Waals surface area (Å²) < 4.78 is 15.5. The Labute approximate surface area is 183 Å². The smallest absolute Gasteiger partial charge is 0.321 e. The summed E-state index contributed by atoms with van der Waals surface area (Å²) in [4.78, 5) is 18.1. The maximum absolute atomic E-state index is 9.04. The lowest BCUT2D eigenvalue weighted by molar-refractivity contribution is -0.0173. The van der Waals surface area contributed by atoms with Crippen LogP contribution >= 0.6 is 6.72 Å². The van der Waals surface area contributed by atoms with Crippen LogP contribution in [0.25, 0.3) is 0 Å². The van der Waals surface area contributed by atoms with Crippen molar-refractivity contribution in [2.75, 3.05) is 26.9 Å². The van der Waals surface area contributed by atoms with E-state index in [2.05, 4.69) is 55.2 Å². The lowest BCUT2D eigenvalue weighted by Crippen LogP contribution is -2.24. The van der Waals surface area contributed by atoms with E-state index in [1.54, 1.807) is 0 Å². The minimum absolute atomic E-state index is 0.0296. The molecule has 0 aromatic rings. The first-order valence-electron chi connectivity index (χ1n) is 10.7. The first-order chi connectivity index (χ1) is 14.0. The van der Waals surface area contributed by atoms with Crippen LogP contribution in [-0.2, 0) is 25.8 Å². The number of ether oxygens (including phenoxy) is 2. The van der Waals surface area contributed by atoms with Crippen LogP contribution in [0.1, 0.15) is 71.1 Å². The predicted octanol–water partition coefficient (Wildman–Crippen LogP) is 5.83. The molecule has 1 atom stereocenters. The summed E-state index contributed by atoms with van der Waals surface area (Å²) in [6.07, 6.45) is 24.7. The van der Waals surface area contributed by atoms with Crippen molar-refractivity contribution < 1.29 is 23.8 Å². The number of methoxy groups -OCH3 is 1. The van der Waals surface area contributed by atoms with Crippen molar-refractivity contribution in [2.45, 2.75) is 77.2 Å². The van der Waals surface area contributed by atoms with Gasteiger partial charge >= 0.3 is 6.72 Å². The SMILES string of the molecule is CC/C=C\C/C=C\C/C=C\CCCCCCCCOCC(COP(O)(O)=S)OC. The average molecular weight is 449 g/mol. The Hall–Kier alpha value is -0.330. The Kier molecular flexibility index (Phi) is 20.7. The van der Waals surface area contributed by atoms with E-state index < -0.39 is 6.72 Å². The van der Waals surface area contributed by atoms with Crippen molar-refractivity contribution in [3.05, 3.63) is 36.5 Å². The molecular weight excluding hydrogens is 407 g/mol. The van der Waals surface area contributed by atoms with Crippen LogP contribution in [0.5, 0.6) is 0 Å². The normalized spacial score (nSPS) is 13.9. The maximum Gasteiger partial charge on any atom is 0.321 e. The van der Waals surface area contributed by atoms with Crippen LogP contribution in [0.15, 0.2) is 36.5 Å². The number of hydrogen-bond acceptors (Lipinski definition) is 4. The molecule has 0 saturated heterocycles. The van der Waals surface area contributed by atoms with Gasteiger partial charge in [-0.05, 0) is 50.3 Å². The highest BCUT2D eigenvalue weighted by atomic mass is 32.5. The second-order valence-corrected chi connectivity index (χ2v) is 9.59. The van der Waals surface area contributed by atoms with Gasteiger partial charge < -0.3 is 23.8 Å². The quantitative estimate of drug-likeness (QED) is 0.139. The summed E-state index contributed by atoms with van der Waals surface area (Å²) in [5.74, 6) is 0. The number of hydrogen-bond donors (Lipinski definition) is 2. The van der Waals surface area contributed by atoms with E-state index in [9.17, 15) is 0 Å². The molecular formula is C22H41O5PS. The number of allylic oxidation sites excluding steroid dienone is 6. The van der Waals surface area contributed by atoms with Crippen LogP contribution in [0.3, 0.4) is 0 Å². The average Bonchev–Trinajstić information content (AvgIpc) is 2.68. The molecule has 0 heterocycles. The second kappa shape index (κ2) is 20.9. The molecule has 0 fully saturated rings. The Morgan fingerprint density at radius 3 is 2.03 bits per heavy atom. The van der Waals surface area contributed by atoms with E-state index >= 15 is 0 Å². The molecule has 0 aromatic carbocycles. The van der Waals surface area contributed by atoms with Crippen molar-refractivity contribution in [1.82, 2.24) is 0 Å². The van der Waals surface area contributed by atoms with Gasteiger partial charge in [-0.1, -0.05) is 69.1 Å². The van der Waals surface area contributed by atoms with Gasteiger partial charge in [-0.2, -0.15) is 0 Å². The van der Waals surface area contributed by atoms with Gasteiger partial charge in [-0.15, -0.1) is 0 Å². The van der Waals surface area contributed by atoms with Gasteiger partial charge in [0.05, 0.1) is 13.2 Å². The Morgan fingerprint density at radius 2 is 1.41 bits per heavy atom. The molecule has 170 valence electrons. The fourth-order valence-corrected chi connectivity index (χ4v) is 3.12. The minimum Gasteiger partial charge on any atom is -0.379 e. The fraction of sp³-hybridized carbons (Fsp3) is 0.727.